The molecular weight excluding hydrogens is 202 g/mol. The average Bonchev–Trinajstić information content (AvgIpc) is 2.71. The van der Waals surface area contributed by atoms with Gasteiger partial charge in [-0.2, -0.15) is 5.26 Å². The Labute approximate surface area is 98.6 Å². The van der Waals surface area contributed by atoms with Crippen LogP contribution in [0.25, 0.3) is 0 Å². The Bertz CT molecular complexity index is 207. The molecule has 1 nitrogen and oxygen atoms in total. The third kappa shape index (κ3) is 3.72. The highest BCUT2D eigenvalue weighted by Crippen LogP contribution is 2.42. The Morgan fingerprint density at radius 2 is 1.73 bits per heavy atom. The van der Waals surface area contributed by atoms with Gasteiger partial charge in [-0.15, -0.1) is 11.8 Å². The van der Waals surface area contributed by atoms with Crippen LogP contribution in [0.1, 0.15) is 65.2 Å². The van der Waals surface area contributed by atoms with Crippen LogP contribution in [-0.4, -0.2) is 10.00 Å². The van der Waals surface area contributed by atoms with Gasteiger partial charge in [0.1, 0.15) is 4.75 Å². The zero-order chi connectivity index (χ0) is 11.1. The lowest BCUT2D eigenvalue weighted by Gasteiger charge is -2.28. The predicted molar refractivity (Wildman–Crippen MR) is 68.0 cm³/mol. The summed E-state index contributed by atoms with van der Waals surface area (Å²) in [5.74, 6) is 0. The SMILES string of the molecule is CCCC(C#N)(CCC)SC1CCCC1. The van der Waals surface area contributed by atoms with Crippen LogP contribution in [0.3, 0.4) is 0 Å². The van der Waals surface area contributed by atoms with Crippen LogP contribution in [-0.2, 0) is 0 Å². The fourth-order valence-electron chi connectivity index (χ4n) is 2.51. The van der Waals surface area contributed by atoms with E-state index in [4.69, 9.17) is 0 Å². The summed E-state index contributed by atoms with van der Waals surface area (Å²) in [6.07, 6.45) is 9.81. The zero-order valence-electron chi connectivity index (χ0n) is 10.1. The molecule has 0 atom stereocenters. The average molecular weight is 225 g/mol. The van der Waals surface area contributed by atoms with E-state index in [1.165, 1.54) is 25.7 Å². The Balaban J connectivity index is 2.56. The topological polar surface area (TPSA) is 23.8 Å². The van der Waals surface area contributed by atoms with Gasteiger partial charge in [-0.1, -0.05) is 39.5 Å². The lowest BCUT2D eigenvalue weighted by Crippen LogP contribution is -2.25. The van der Waals surface area contributed by atoms with E-state index in [1.807, 2.05) is 11.8 Å². The van der Waals surface area contributed by atoms with E-state index in [0.29, 0.717) is 0 Å². The van der Waals surface area contributed by atoms with E-state index in [1.54, 1.807) is 0 Å². The third-order valence-corrected chi connectivity index (χ3v) is 4.96. The number of hydrogen-bond acceptors (Lipinski definition) is 2. The Morgan fingerprint density at radius 3 is 2.13 bits per heavy atom. The summed E-state index contributed by atoms with van der Waals surface area (Å²) in [5.41, 5.74) is 0. The van der Waals surface area contributed by atoms with Crippen LogP contribution >= 0.6 is 11.8 Å². The molecule has 1 aliphatic carbocycles. The van der Waals surface area contributed by atoms with Crippen molar-refractivity contribution in [3.8, 4) is 6.07 Å². The second kappa shape index (κ2) is 6.43. The highest BCUT2D eigenvalue weighted by molar-refractivity contribution is 8.01. The van der Waals surface area contributed by atoms with Gasteiger partial charge in [0.05, 0.1) is 6.07 Å². The summed E-state index contributed by atoms with van der Waals surface area (Å²) in [4.78, 5) is 0. The molecule has 1 rings (SSSR count). The minimum atomic E-state index is -0.0709. The molecule has 0 amide bonds. The first-order valence-corrected chi connectivity index (χ1v) is 7.23. The molecule has 86 valence electrons. The summed E-state index contributed by atoms with van der Waals surface area (Å²) >= 11 is 1.99. The first kappa shape index (κ1) is 12.9. The molecule has 2 heteroatoms. The molecule has 0 bridgehead atoms. The van der Waals surface area contributed by atoms with Gasteiger partial charge in [0.2, 0.25) is 0 Å². The molecule has 0 N–H and O–H groups in total. The summed E-state index contributed by atoms with van der Waals surface area (Å²) in [6, 6.07) is 2.61. The first-order valence-electron chi connectivity index (χ1n) is 6.35. The Kier molecular flexibility index (Phi) is 5.53. The van der Waals surface area contributed by atoms with Gasteiger partial charge < -0.3 is 0 Å². The second-order valence-electron chi connectivity index (χ2n) is 4.63. The van der Waals surface area contributed by atoms with Gasteiger partial charge in [0.25, 0.3) is 0 Å². The molecule has 1 fully saturated rings. The molecule has 0 saturated heterocycles. The van der Waals surface area contributed by atoms with Crippen LogP contribution in [0.2, 0.25) is 0 Å². The second-order valence-corrected chi connectivity index (χ2v) is 6.31. The molecule has 0 aromatic heterocycles. The van der Waals surface area contributed by atoms with E-state index in [0.717, 1.165) is 30.9 Å². The van der Waals surface area contributed by atoms with E-state index in [2.05, 4.69) is 19.9 Å². The number of nitrogens with zero attached hydrogens (tertiary/aromatic N) is 1. The molecular formula is C13H23NS. The molecule has 0 radical (unpaired) electrons. The van der Waals surface area contributed by atoms with Crippen molar-refractivity contribution in [1.29, 1.82) is 5.26 Å². The van der Waals surface area contributed by atoms with Crippen LogP contribution in [0, 0.1) is 11.3 Å². The van der Waals surface area contributed by atoms with Crippen molar-refractivity contribution in [2.24, 2.45) is 0 Å². The monoisotopic (exact) mass is 225 g/mol. The smallest absolute Gasteiger partial charge is 0.103 e. The van der Waals surface area contributed by atoms with Crippen molar-refractivity contribution in [2.75, 3.05) is 0 Å². The van der Waals surface area contributed by atoms with Crippen molar-refractivity contribution in [3.05, 3.63) is 0 Å². The molecule has 15 heavy (non-hydrogen) atoms. The van der Waals surface area contributed by atoms with Gasteiger partial charge in [0, 0.05) is 5.25 Å². The summed E-state index contributed by atoms with van der Waals surface area (Å²) in [6.45, 7) is 4.38. The van der Waals surface area contributed by atoms with Crippen molar-refractivity contribution < 1.29 is 0 Å². The van der Waals surface area contributed by atoms with E-state index in [9.17, 15) is 5.26 Å². The van der Waals surface area contributed by atoms with Gasteiger partial charge in [0.15, 0.2) is 0 Å². The minimum absolute atomic E-state index is 0.0709. The largest absolute Gasteiger partial charge is 0.197 e. The molecule has 1 aliphatic rings. The molecule has 0 spiro atoms. The molecule has 0 aromatic carbocycles. The first-order chi connectivity index (χ1) is 7.26. The fourth-order valence-corrected chi connectivity index (χ4v) is 4.42. The maximum atomic E-state index is 9.43. The van der Waals surface area contributed by atoms with Crippen molar-refractivity contribution in [3.63, 3.8) is 0 Å². The number of thioether (sulfide) groups is 1. The minimum Gasteiger partial charge on any atom is -0.197 e. The van der Waals surface area contributed by atoms with E-state index in [-0.39, 0.29) is 4.75 Å². The maximum Gasteiger partial charge on any atom is 0.103 e. The van der Waals surface area contributed by atoms with Gasteiger partial charge in [-0.05, 0) is 25.7 Å². The number of hydrogen-bond donors (Lipinski definition) is 0. The standard InChI is InChI=1S/C13H23NS/c1-3-9-13(11-14,10-4-2)15-12-7-5-6-8-12/h12H,3-10H2,1-2H3. The van der Waals surface area contributed by atoms with Crippen LogP contribution in [0.5, 0.6) is 0 Å². The lowest BCUT2D eigenvalue weighted by molar-refractivity contribution is 0.580. The van der Waals surface area contributed by atoms with Crippen molar-refractivity contribution in [1.82, 2.24) is 0 Å². The normalized spacial score (nSPS) is 17.9. The summed E-state index contributed by atoms with van der Waals surface area (Å²) in [7, 11) is 0. The van der Waals surface area contributed by atoms with Gasteiger partial charge >= 0.3 is 0 Å². The molecule has 0 heterocycles. The van der Waals surface area contributed by atoms with Gasteiger partial charge in [-0.25, -0.2) is 0 Å². The third-order valence-electron chi connectivity index (χ3n) is 3.21. The Hall–Kier alpha value is -0.160. The molecule has 0 unspecified atom stereocenters. The lowest BCUT2D eigenvalue weighted by atomic mass is 9.99. The predicted octanol–water partition coefficient (Wildman–Crippen LogP) is 4.52. The zero-order valence-corrected chi connectivity index (χ0v) is 10.9. The summed E-state index contributed by atoms with van der Waals surface area (Å²) < 4.78 is -0.0709. The van der Waals surface area contributed by atoms with E-state index >= 15 is 0 Å². The van der Waals surface area contributed by atoms with Gasteiger partial charge in [-0.3, -0.25) is 0 Å². The van der Waals surface area contributed by atoms with E-state index < -0.39 is 0 Å². The Morgan fingerprint density at radius 1 is 1.20 bits per heavy atom. The highest BCUT2D eigenvalue weighted by Gasteiger charge is 2.33. The number of nitriles is 1. The maximum absolute atomic E-state index is 9.43. The number of rotatable bonds is 6. The molecule has 1 saturated carbocycles. The van der Waals surface area contributed by atoms with Crippen molar-refractivity contribution >= 4 is 11.8 Å². The van der Waals surface area contributed by atoms with Crippen molar-refractivity contribution in [2.45, 2.75) is 75.2 Å². The highest BCUT2D eigenvalue weighted by atomic mass is 32.2. The fraction of sp³-hybridized carbons (Fsp3) is 0.923. The molecule has 0 aromatic rings. The summed E-state index contributed by atoms with van der Waals surface area (Å²) in [5, 5.41) is 10.2. The molecule has 0 aliphatic heterocycles. The van der Waals surface area contributed by atoms with Crippen LogP contribution in [0.4, 0.5) is 0 Å². The van der Waals surface area contributed by atoms with Crippen LogP contribution in [0.15, 0.2) is 0 Å². The quantitative estimate of drug-likeness (QED) is 0.663. The van der Waals surface area contributed by atoms with Crippen LogP contribution < -0.4 is 0 Å².